The number of hydrogen-bond acceptors (Lipinski definition) is 2. The number of ether oxygens (including phenoxy) is 1. The van der Waals surface area contributed by atoms with E-state index in [1.807, 2.05) is 42.5 Å². The molecular weight excluding hydrogens is 234 g/mol. The van der Waals surface area contributed by atoms with Crippen LogP contribution in [0.15, 0.2) is 54.6 Å². The van der Waals surface area contributed by atoms with Gasteiger partial charge in [0.2, 0.25) is 0 Å². The molecule has 0 amide bonds. The van der Waals surface area contributed by atoms with E-state index in [-0.39, 0.29) is 5.92 Å². The summed E-state index contributed by atoms with van der Waals surface area (Å²) in [6, 6.07) is 20.4. The van der Waals surface area contributed by atoms with Crippen molar-refractivity contribution < 1.29 is 4.74 Å². The van der Waals surface area contributed by atoms with Crippen LogP contribution >= 0.6 is 0 Å². The van der Waals surface area contributed by atoms with Crippen LogP contribution in [-0.4, -0.2) is 7.11 Å². The fourth-order valence-corrected chi connectivity index (χ4v) is 2.20. The SMILES string of the molecule is COc1ccccc1C(C#N)CCc1ccccc1. The fraction of sp³-hybridized carbons (Fsp3) is 0.235. The molecule has 0 spiro atoms. The first-order valence-electron chi connectivity index (χ1n) is 6.41. The molecule has 0 aliphatic rings. The number of rotatable bonds is 5. The maximum absolute atomic E-state index is 9.37. The third-order valence-corrected chi connectivity index (χ3v) is 3.23. The molecule has 2 aromatic carbocycles. The van der Waals surface area contributed by atoms with Gasteiger partial charge in [-0.05, 0) is 24.5 Å². The van der Waals surface area contributed by atoms with Gasteiger partial charge < -0.3 is 4.74 Å². The predicted octanol–water partition coefficient (Wildman–Crippen LogP) is 3.94. The third kappa shape index (κ3) is 3.35. The van der Waals surface area contributed by atoms with Gasteiger partial charge in [-0.3, -0.25) is 0 Å². The standard InChI is InChI=1S/C17H17NO/c1-19-17-10-6-5-9-16(17)15(13-18)12-11-14-7-3-2-4-8-14/h2-10,15H,11-12H2,1H3. The summed E-state index contributed by atoms with van der Waals surface area (Å²) in [4.78, 5) is 0. The summed E-state index contributed by atoms with van der Waals surface area (Å²) >= 11 is 0. The summed E-state index contributed by atoms with van der Waals surface area (Å²) in [5.74, 6) is 0.665. The highest BCUT2D eigenvalue weighted by Gasteiger charge is 2.14. The Morgan fingerprint density at radius 2 is 1.74 bits per heavy atom. The van der Waals surface area contributed by atoms with Gasteiger partial charge >= 0.3 is 0 Å². The molecule has 19 heavy (non-hydrogen) atoms. The molecule has 2 aromatic rings. The van der Waals surface area contributed by atoms with Crippen LogP contribution < -0.4 is 4.74 Å². The zero-order chi connectivity index (χ0) is 13.5. The molecular formula is C17H17NO. The van der Waals surface area contributed by atoms with Crippen LogP contribution in [0, 0.1) is 11.3 Å². The number of benzene rings is 2. The summed E-state index contributed by atoms with van der Waals surface area (Å²) in [5.41, 5.74) is 2.24. The molecule has 0 saturated heterocycles. The van der Waals surface area contributed by atoms with E-state index in [0.29, 0.717) is 0 Å². The maximum atomic E-state index is 9.37. The molecule has 1 unspecified atom stereocenters. The van der Waals surface area contributed by atoms with Crippen LogP contribution in [0.25, 0.3) is 0 Å². The minimum atomic E-state index is -0.128. The highest BCUT2D eigenvalue weighted by molar-refractivity contribution is 5.39. The first-order valence-corrected chi connectivity index (χ1v) is 6.41. The Kier molecular flexibility index (Phi) is 4.58. The number of aryl methyl sites for hydroxylation is 1. The van der Waals surface area contributed by atoms with Crippen LogP contribution in [0.5, 0.6) is 5.75 Å². The highest BCUT2D eigenvalue weighted by atomic mass is 16.5. The molecule has 0 N–H and O–H groups in total. The van der Waals surface area contributed by atoms with Crippen LogP contribution in [0.4, 0.5) is 0 Å². The van der Waals surface area contributed by atoms with Gasteiger partial charge in [-0.1, -0.05) is 48.5 Å². The van der Waals surface area contributed by atoms with Gasteiger partial charge in [-0.25, -0.2) is 0 Å². The van der Waals surface area contributed by atoms with Crippen molar-refractivity contribution in [2.24, 2.45) is 0 Å². The molecule has 2 rings (SSSR count). The lowest BCUT2D eigenvalue weighted by Crippen LogP contribution is -2.01. The lowest BCUT2D eigenvalue weighted by Gasteiger charge is -2.13. The number of methoxy groups -OCH3 is 1. The minimum absolute atomic E-state index is 0.128. The molecule has 0 saturated carbocycles. The molecule has 0 aliphatic heterocycles. The second-order valence-electron chi connectivity index (χ2n) is 4.45. The van der Waals surface area contributed by atoms with Gasteiger partial charge in [0.15, 0.2) is 0 Å². The Morgan fingerprint density at radius 1 is 1.05 bits per heavy atom. The normalized spacial score (nSPS) is 11.6. The molecule has 0 heterocycles. The molecule has 0 bridgehead atoms. The summed E-state index contributed by atoms with van der Waals surface area (Å²) in [7, 11) is 1.64. The molecule has 0 fully saturated rings. The van der Waals surface area contributed by atoms with E-state index in [9.17, 15) is 5.26 Å². The van der Waals surface area contributed by atoms with E-state index < -0.39 is 0 Å². The summed E-state index contributed by atoms with van der Waals surface area (Å²) in [6.07, 6.45) is 1.71. The van der Waals surface area contributed by atoms with E-state index in [1.165, 1.54) is 5.56 Å². The summed E-state index contributed by atoms with van der Waals surface area (Å²) in [5, 5.41) is 9.37. The number of nitrogens with zero attached hydrogens (tertiary/aromatic N) is 1. The van der Waals surface area contributed by atoms with Crippen molar-refractivity contribution in [2.75, 3.05) is 7.11 Å². The lowest BCUT2D eigenvalue weighted by molar-refractivity contribution is 0.407. The average Bonchev–Trinajstić information content (AvgIpc) is 2.49. The second-order valence-corrected chi connectivity index (χ2v) is 4.45. The Morgan fingerprint density at radius 3 is 2.42 bits per heavy atom. The van der Waals surface area contributed by atoms with Crippen molar-refractivity contribution in [3.05, 3.63) is 65.7 Å². The van der Waals surface area contributed by atoms with Crippen LogP contribution in [0.3, 0.4) is 0 Å². The van der Waals surface area contributed by atoms with Crippen molar-refractivity contribution in [2.45, 2.75) is 18.8 Å². The zero-order valence-corrected chi connectivity index (χ0v) is 11.0. The molecule has 0 radical (unpaired) electrons. The van der Waals surface area contributed by atoms with E-state index in [0.717, 1.165) is 24.2 Å². The molecule has 2 heteroatoms. The van der Waals surface area contributed by atoms with Crippen LogP contribution in [-0.2, 0) is 6.42 Å². The van der Waals surface area contributed by atoms with Gasteiger partial charge in [0.1, 0.15) is 5.75 Å². The Bertz CT molecular complexity index is 557. The zero-order valence-electron chi connectivity index (χ0n) is 11.0. The number of para-hydroxylation sites is 1. The second kappa shape index (κ2) is 6.61. The Hall–Kier alpha value is -2.27. The smallest absolute Gasteiger partial charge is 0.123 e. The number of nitriles is 1. The van der Waals surface area contributed by atoms with Gasteiger partial charge in [-0.15, -0.1) is 0 Å². The van der Waals surface area contributed by atoms with Crippen LogP contribution in [0.2, 0.25) is 0 Å². The van der Waals surface area contributed by atoms with Crippen molar-refractivity contribution in [3.8, 4) is 11.8 Å². The number of hydrogen-bond donors (Lipinski definition) is 0. The molecule has 2 nitrogen and oxygen atoms in total. The monoisotopic (exact) mass is 251 g/mol. The Labute approximate surface area is 114 Å². The quantitative estimate of drug-likeness (QED) is 0.806. The maximum Gasteiger partial charge on any atom is 0.123 e. The van der Waals surface area contributed by atoms with Crippen LogP contribution in [0.1, 0.15) is 23.5 Å². The highest BCUT2D eigenvalue weighted by Crippen LogP contribution is 2.29. The van der Waals surface area contributed by atoms with E-state index in [4.69, 9.17) is 4.74 Å². The first kappa shape index (κ1) is 13.2. The van der Waals surface area contributed by atoms with Crippen molar-refractivity contribution >= 4 is 0 Å². The molecule has 0 aliphatic carbocycles. The van der Waals surface area contributed by atoms with Gasteiger partial charge in [-0.2, -0.15) is 5.26 Å². The van der Waals surface area contributed by atoms with E-state index in [1.54, 1.807) is 7.11 Å². The largest absolute Gasteiger partial charge is 0.496 e. The van der Waals surface area contributed by atoms with Crippen molar-refractivity contribution in [1.29, 1.82) is 5.26 Å². The Balaban J connectivity index is 2.11. The first-order chi connectivity index (χ1) is 9.35. The van der Waals surface area contributed by atoms with Gasteiger partial charge in [0.25, 0.3) is 0 Å². The lowest BCUT2D eigenvalue weighted by atomic mass is 9.93. The predicted molar refractivity (Wildman–Crippen MR) is 76.1 cm³/mol. The fourth-order valence-electron chi connectivity index (χ4n) is 2.20. The molecule has 0 aromatic heterocycles. The third-order valence-electron chi connectivity index (χ3n) is 3.23. The topological polar surface area (TPSA) is 33.0 Å². The van der Waals surface area contributed by atoms with E-state index in [2.05, 4.69) is 18.2 Å². The van der Waals surface area contributed by atoms with Crippen molar-refractivity contribution in [3.63, 3.8) is 0 Å². The van der Waals surface area contributed by atoms with Gasteiger partial charge in [0, 0.05) is 5.56 Å². The van der Waals surface area contributed by atoms with Crippen molar-refractivity contribution in [1.82, 2.24) is 0 Å². The summed E-state index contributed by atoms with van der Waals surface area (Å²) < 4.78 is 5.33. The minimum Gasteiger partial charge on any atom is -0.496 e. The average molecular weight is 251 g/mol. The van der Waals surface area contributed by atoms with E-state index >= 15 is 0 Å². The molecule has 1 atom stereocenters. The molecule has 96 valence electrons. The van der Waals surface area contributed by atoms with Gasteiger partial charge in [0.05, 0.1) is 19.1 Å². The summed E-state index contributed by atoms with van der Waals surface area (Å²) in [6.45, 7) is 0.